The second-order valence-corrected chi connectivity index (χ2v) is 6.23. The van der Waals surface area contributed by atoms with Crippen LogP contribution in [0, 0.1) is 6.92 Å². The molecule has 0 atom stereocenters. The molecule has 0 aliphatic carbocycles. The SMILES string of the molecule is CCN(CCNC(=O)COC(=O)c1ccc(OC)cc1O)c1cccc(C)c1. The Hall–Kier alpha value is -3.22. The normalized spacial score (nSPS) is 10.2. The van der Waals surface area contributed by atoms with Crippen molar-refractivity contribution in [1.29, 1.82) is 0 Å². The Morgan fingerprint density at radius 1 is 1.18 bits per heavy atom. The lowest BCUT2D eigenvalue weighted by atomic mass is 10.2. The zero-order chi connectivity index (χ0) is 20.5. The molecule has 1 amide bonds. The van der Waals surface area contributed by atoms with Gasteiger partial charge in [-0.05, 0) is 43.7 Å². The fourth-order valence-electron chi connectivity index (χ4n) is 2.70. The second kappa shape index (κ2) is 10.2. The van der Waals surface area contributed by atoms with E-state index in [2.05, 4.69) is 16.3 Å². The number of carbonyl (C=O) groups excluding carboxylic acids is 2. The van der Waals surface area contributed by atoms with Crippen LogP contribution in [0.5, 0.6) is 11.5 Å². The van der Waals surface area contributed by atoms with E-state index in [4.69, 9.17) is 9.47 Å². The van der Waals surface area contributed by atoms with Crippen molar-refractivity contribution in [3.8, 4) is 11.5 Å². The van der Waals surface area contributed by atoms with Crippen molar-refractivity contribution >= 4 is 17.6 Å². The highest BCUT2D eigenvalue weighted by molar-refractivity contribution is 5.94. The topological polar surface area (TPSA) is 88.1 Å². The Morgan fingerprint density at radius 3 is 2.61 bits per heavy atom. The first-order valence-electron chi connectivity index (χ1n) is 9.07. The predicted molar refractivity (Wildman–Crippen MR) is 107 cm³/mol. The molecule has 7 heteroatoms. The number of hydrogen-bond donors (Lipinski definition) is 2. The van der Waals surface area contributed by atoms with E-state index in [-0.39, 0.29) is 11.3 Å². The molecule has 0 unspecified atom stereocenters. The Bertz CT molecular complexity index is 822. The zero-order valence-electron chi connectivity index (χ0n) is 16.4. The van der Waals surface area contributed by atoms with Crippen LogP contribution in [-0.2, 0) is 9.53 Å². The number of methoxy groups -OCH3 is 1. The van der Waals surface area contributed by atoms with Gasteiger partial charge in [0.15, 0.2) is 6.61 Å². The van der Waals surface area contributed by atoms with E-state index in [9.17, 15) is 14.7 Å². The average Bonchev–Trinajstić information content (AvgIpc) is 2.69. The Labute approximate surface area is 164 Å². The summed E-state index contributed by atoms with van der Waals surface area (Å²) in [7, 11) is 1.45. The first-order valence-corrected chi connectivity index (χ1v) is 9.07. The molecular weight excluding hydrogens is 360 g/mol. The molecule has 0 fully saturated rings. The second-order valence-electron chi connectivity index (χ2n) is 6.23. The van der Waals surface area contributed by atoms with Gasteiger partial charge < -0.3 is 24.8 Å². The van der Waals surface area contributed by atoms with Crippen LogP contribution in [0.1, 0.15) is 22.8 Å². The number of rotatable bonds is 9. The summed E-state index contributed by atoms with van der Waals surface area (Å²) in [6, 6.07) is 12.4. The minimum absolute atomic E-state index is 0.0230. The van der Waals surface area contributed by atoms with Crippen LogP contribution in [0.2, 0.25) is 0 Å². The molecule has 28 heavy (non-hydrogen) atoms. The third-order valence-corrected chi connectivity index (χ3v) is 4.21. The highest BCUT2D eigenvalue weighted by Crippen LogP contribution is 2.23. The average molecular weight is 386 g/mol. The Kier molecular flexibility index (Phi) is 7.68. The summed E-state index contributed by atoms with van der Waals surface area (Å²) in [6.07, 6.45) is 0. The van der Waals surface area contributed by atoms with Crippen LogP contribution in [0.3, 0.4) is 0 Å². The summed E-state index contributed by atoms with van der Waals surface area (Å²) in [5, 5.41) is 12.6. The van der Waals surface area contributed by atoms with E-state index < -0.39 is 18.5 Å². The molecule has 0 aliphatic rings. The summed E-state index contributed by atoms with van der Waals surface area (Å²) >= 11 is 0. The molecule has 2 N–H and O–H groups in total. The van der Waals surface area contributed by atoms with E-state index in [0.717, 1.165) is 12.2 Å². The Balaban J connectivity index is 1.78. The number of ether oxygens (including phenoxy) is 2. The number of esters is 1. The lowest BCUT2D eigenvalue weighted by Crippen LogP contribution is -2.36. The van der Waals surface area contributed by atoms with Gasteiger partial charge in [0.1, 0.15) is 17.1 Å². The number of amides is 1. The number of benzene rings is 2. The zero-order valence-corrected chi connectivity index (χ0v) is 16.4. The van der Waals surface area contributed by atoms with Crippen molar-refractivity contribution in [2.24, 2.45) is 0 Å². The highest BCUT2D eigenvalue weighted by atomic mass is 16.5. The molecule has 0 aliphatic heterocycles. The highest BCUT2D eigenvalue weighted by Gasteiger charge is 2.15. The summed E-state index contributed by atoms with van der Waals surface area (Å²) in [6.45, 7) is 5.54. The number of likely N-dealkylation sites (N-methyl/N-ethyl adjacent to an activating group) is 1. The van der Waals surface area contributed by atoms with Crippen LogP contribution < -0.4 is 15.0 Å². The first-order chi connectivity index (χ1) is 13.4. The summed E-state index contributed by atoms with van der Waals surface area (Å²) in [5.41, 5.74) is 2.25. The van der Waals surface area contributed by atoms with Gasteiger partial charge in [-0.15, -0.1) is 0 Å². The van der Waals surface area contributed by atoms with E-state index >= 15 is 0 Å². The predicted octanol–water partition coefficient (Wildman–Crippen LogP) is 2.51. The molecule has 7 nitrogen and oxygen atoms in total. The van der Waals surface area contributed by atoms with E-state index in [1.165, 1.54) is 30.9 Å². The number of phenols is 1. The molecule has 0 saturated carbocycles. The van der Waals surface area contributed by atoms with Crippen molar-refractivity contribution < 1.29 is 24.2 Å². The molecule has 0 bridgehead atoms. The van der Waals surface area contributed by atoms with Crippen molar-refractivity contribution in [3.63, 3.8) is 0 Å². The van der Waals surface area contributed by atoms with Gasteiger partial charge in [-0.25, -0.2) is 4.79 Å². The number of carbonyl (C=O) groups is 2. The van der Waals surface area contributed by atoms with E-state index in [1.807, 2.05) is 32.0 Å². The van der Waals surface area contributed by atoms with Gasteiger partial charge in [-0.3, -0.25) is 4.79 Å². The van der Waals surface area contributed by atoms with Gasteiger partial charge in [0.05, 0.1) is 7.11 Å². The number of phenolic OH excluding ortho intramolecular Hbond substituents is 1. The van der Waals surface area contributed by atoms with Crippen molar-refractivity contribution in [2.45, 2.75) is 13.8 Å². The summed E-state index contributed by atoms with van der Waals surface area (Å²) in [4.78, 5) is 26.1. The maximum atomic E-state index is 12.0. The van der Waals surface area contributed by atoms with E-state index in [0.29, 0.717) is 18.8 Å². The van der Waals surface area contributed by atoms with Gasteiger partial charge in [-0.1, -0.05) is 12.1 Å². The minimum Gasteiger partial charge on any atom is -0.507 e. The lowest BCUT2D eigenvalue weighted by molar-refractivity contribution is -0.124. The molecule has 0 heterocycles. The standard InChI is InChI=1S/C21H26N2O5/c1-4-23(16-7-5-6-15(2)12-16)11-10-22-20(25)14-28-21(26)18-9-8-17(27-3)13-19(18)24/h5-9,12-13,24H,4,10-11,14H2,1-3H3,(H,22,25). The number of nitrogens with zero attached hydrogens (tertiary/aromatic N) is 1. The molecular formula is C21H26N2O5. The monoisotopic (exact) mass is 386 g/mol. The first kappa shape index (κ1) is 21.1. The number of nitrogens with one attached hydrogen (secondary N) is 1. The molecule has 0 saturated heterocycles. The maximum absolute atomic E-state index is 12.0. The quantitative estimate of drug-likeness (QED) is 0.644. The molecule has 150 valence electrons. The fourth-order valence-corrected chi connectivity index (χ4v) is 2.70. The van der Waals surface area contributed by atoms with Crippen molar-refractivity contribution in [3.05, 3.63) is 53.6 Å². The van der Waals surface area contributed by atoms with Crippen LogP contribution in [0.4, 0.5) is 5.69 Å². The number of hydrogen-bond acceptors (Lipinski definition) is 6. The molecule has 0 spiro atoms. The maximum Gasteiger partial charge on any atom is 0.342 e. The van der Waals surface area contributed by atoms with Crippen LogP contribution in [0.25, 0.3) is 0 Å². The third-order valence-electron chi connectivity index (χ3n) is 4.21. The van der Waals surface area contributed by atoms with Crippen molar-refractivity contribution in [1.82, 2.24) is 5.32 Å². The van der Waals surface area contributed by atoms with Gasteiger partial charge in [0.2, 0.25) is 0 Å². The van der Waals surface area contributed by atoms with Gasteiger partial charge >= 0.3 is 5.97 Å². The smallest absolute Gasteiger partial charge is 0.342 e. The summed E-state index contributed by atoms with van der Waals surface area (Å²) in [5.74, 6) is -1.02. The summed E-state index contributed by atoms with van der Waals surface area (Å²) < 4.78 is 9.92. The van der Waals surface area contributed by atoms with Crippen LogP contribution in [0.15, 0.2) is 42.5 Å². The Morgan fingerprint density at radius 2 is 1.96 bits per heavy atom. The molecule has 0 radical (unpaired) electrons. The largest absolute Gasteiger partial charge is 0.507 e. The molecule has 2 aromatic rings. The van der Waals surface area contributed by atoms with E-state index in [1.54, 1.807) is 0 Å². The van der Waals surface area contributed by atoms with Gasteiger partial charge in [0.25, 0.3) is 5.91 Å². The minimum atomic E-state index is -0.773. The molecule has 0 aromatic heterocycles. The van der Waals surface area contributed by atoms with Crippen molar-refractivity contribution in [2.75, 3.05) is 38.3 Å². The number of aromatic hydroxyl groups is 1. The van der Waals surface area contributed by atoms with Crippen LogP contribution >= 0.6 is 0 Å². The lowest BCUT2D eigenvalue weighted by Gasteiger charge is -2.23. The third kappa shape index (κ3) is 5.90. The number of aryl methyl sites for hydroxylation is 1. The number of anilines is 1. The van der Waals surface area contributed by atoms with Crippen LogP contribution in [-0.4, -0.2) is 50.3 Å². The van der Waals surface area contributed by atoms with Gasteiger partial charge in [0, 0.05) is 31.4 Å². The fraction of sp³-hybridized carbons (Fsp3) is 0.333. The van der Waals surface area contributed by atoms with Gasteiger partial charge in [-0.2, -0.15) is 0 Å². The molecule has 2 rings (SSSR count). The molecule has 2 aromatic carbocycles.